The summed E-state index contributed by atoms with van der Waals surface area (Å²) >= 11 is 11.8. The van der Waals surface area contributed by atoms with Crippen molar-refractivity contribution in [1.29, 1.82) is 0 Å². The number of likely N-dealkylation sites (tertiary alicyclic amines) is 1. The van der Waals surface area contributed by atoms with Crippen LogP contribution in [0.4, 0.5) is 5.69 Å². The summed E-state index contributed by atoms with van der Waals surface area (Å²) in [6.07, 6.45) is 5.05. The summed E-state index contributed by atoms with van der Waals surface area (Å²) in [5.74, 6) is 0.665. The predicted octanol–water partition coefficient (Wildman–Crippen LogP) is 3.62. The molecule has 0 radical (unpaired) electrons. The molecule has 0 bridgehead atoms. The van der Waals surface area contributed by atoms with E-state index < -0.39 is 0 Å². The molecule has 26 heavy (non-hydrogen) atoms. The van der Waals surface area contributed by atoms with Crippen molar-refractivity contribution in [2.75, 3.05) is 45.7 Å². The van der Waals surface area contributed by atoms with E-state index in [0.29, 0.717) is 22.9 Å². The smallest absolute Gasteiger partial charge is 0.173 e. The second kappa shape index (κ2) is 9.22. The molecule has 2 fully saturated rings. The minimum absolute atomic E-state index is 0.417. The van der Waals surface area contributed by atoms with Gasteiger partial charge in [0.25, 0.3) is 0 Å². The fourth-order valence-electron chi connectivity index (χ4n) is 3.71. The average molecular weight is 398 g/mol. The van der Waals surface area contributed by atoms with E-state index in [4.69, 9.17) is 33.3 Å². The third-order valence-electron chi connectivity index (χ3n) is 5.29. The molecule has 0 spiro atoms. The van der Waals surface area contributed by atoms with Crippen molar-refractivity contribution in [2.24, 2.45) is 0 Å². The fraction of sp³-hybridized carbons (Fsp3) is 0.632. The fourth-order valence-corrected chi connectivity index (χ4v) is 4.27. The number of halogens is 1. The number of likely N-dealkylation sites (N-methyl/N-ethyl adjacent to an activating group) is 1. The Morgan fingerprint density at radius 3 is 2.77 bits per heavy atom. The molecule has 1 aromatic carbocycles. The van der Waals surface area contributed by atoms with Gasteiger partial charge in [0.05, 0.1) is 18.2 Å². The van der Waals surface area contributed by atoms with Crippen LogP contribution in [0.1, 0.15) is 25.7 Å². The van der Waals surface area contributed by atoms with Gasteiger partial charge in [-0.2, -0.15) is 0 Å². The first-order valence-corrected chi connectivity index (χ1v) is 10.1. The van der Waals surface area contributed by atoms with Gasteiger partial charge in [0.2, 0.25) is 0 Å². The van der Waals surface area contributed by atoms with E-state index in [2.05, 4.69) is 22.2 Å². The minimum atomic E-state index is 0.417. The SMILES string of the molecule is COc1ccc(NC(=S)N2CCC(N(C)C[C@H]3CCCO3)CC2)cc1Cl. The van der Waals surface area contributed by atoms with Crippen LogP contribution in [0.2, 0.25) is 5.02 Å². The highest BCUT2D eigenvalue weighted by Gasteiger charge is 2.26. The molecule has 2 aliphatic heterocycles. The summed E-state index contributed by atoms with van der Waals surface area (Å²) in [5, 5.41) is 4.62. The number of hydrogen-bond acceptors (Lipinski definition) is 4. The lowest BCUT2D eigenvalue weighted by Crippen LogP contribution is -2.48. The van der Waals surface area contributed by atoms with E-state index in [1.54, 1.807) is 7.11 Å². The standard InChI is InChI=1S/C19H28ClN3O2S/c1-22(13-16-4-3-11-25-16)15-7-9-23(10-8-15)19(26)21-14-5-6-18(24-2)17(20)12-14/h5-6,12,15-16H,3-4,7-11,13H2,1-2H3,(H,21,26)/t16-/m1/s1. The summed E-state index contributed by atoms with van der Waals surface area (Å²) in [5.41, 5.74) is 0.887. The normalized spacial score (nSPS) is 21.2. The van der Waals surface area contributed by atoms with Gasteiger partial charge in [0.15, 0.2) is 5.11 Å². The summed E-state index contributed by atoms with van der Waals surface area (Å²) in [7, 11) is 3.83. The molecule has 0 amide bonds. The quantitative estimate of drug-likeness (QED) is 0.765. The molecule has 0 aromatic heterocycles. The zero-order valence-electron chi connectivity index (χ0n) is 15.5. The van der Waals surface area contributed by atoms with E-state index in [9.17, 15) is 0 Å². The van der Waals surface area contributed by atoms with E-state index in [1.807, 2.05) is 18.2 Å². The van der Waals surface area contributed by atoms with Crippen molar-refractivity contribution in [1.82, 2.24) is 9.80 Å². The highest BCUT2D eigenvalue weighted by atomic mass is 35.5. The van der Waals surface area contributed by atoms with Crippen LogP contribution in [-0.2, 0) is 4.74 Å². The van der Waals surface area contributed by atoms with Crippen molar-refractivity contribution < 1.29 is 9.47 Å². The molecule has 3 rings (SSSR count). The van der Waals surface area contributed by atoms with E-state index in [0.717, 1.165) is 49.9 Å². The van der Waals surface area contributed by atoms with Crippen LogP contribution in [0.25, 0.3) is 0 Å². The van der Waals surface area contributed by atoms with Gasteiger partial charge in [-0.05, 0) is 63.1 Å². The van der Waals surface area contributed by atoms with Gasteiger partial charge in [0.1, 0.15) is 5.75 Å². The first kappa shape index (κ1) is 19.7. The molecule has 2 saturated heterocycles. The molecule has 5 nitrogen and oxygen atoms in total. The Bertz CT molecular complexity index is 617. The number of hydrogen-bond donors (Lipinski definition) is 1. The Hall–Kier alpha value is -1.08. The number of nitrogens with zero attached hydrogens (tertiary/aromatic N) is 2. The van der Waals surface area contributed by atoms with E-state index >= 15 is 0 Å². The molecule has 7 heteroatoms. The Kier molecular flexibility index (Phi) is 6.98. The summed E-state index contributed by atoms with van der Waals surface area (Å²) in [6, 6.07) is 6.22. The molecule has 1 aromatic rings. The van der Waals surface area contributed by atoms with Crippen molar-refractivity contribution in [3.05, 3.63) is 23.2 Å². The van der Waals surface area contributed by atoms with Gasteiger partial charge in [-0.15, -0.1) is 0 Å². The predicted molar refractivity (Wildman–Crippen MR) is 110 cm³/mol. The Morgan fingerprint density at radius 1 is 1.38 bits per heavy atom. The van der Waals surface area contributed by atoms with Crippen LogP contribution in [0, 0.1) is 0 Å². The van der Waals surface area contributed by atoms with Gasteiger partial charge in [0, 0.05) is 38.0 Å². The number of nitrogens with one attached hydrogen (secondary N) is 1. The van der Waals surface area contributed by atoms with E-state index in [1.165, 1.54) is 12.8 Å². The number of piperidine rings is 1. The molecule has 144 valence electrons. The Labute approximate surface area is 166 Å². The maximum absolute atomic E-state index is 6.18. The molecular weight excluding hydrogens is 370 g/mol. The van der Waals surface area contributed by atoms with Crippen molar-refractivity contribution in [2.45, 2.75) is 37.8 Å². The van der Waals surface area contributed by atoms with Crippen molar-refractivity contribution >= 4 is 34.6 Å². The number of methoxy groups -OCH3 is 1. The monoisotopic (exact) mass is 397 g/mol. The lowest BCUT2D eigenvalue weighted by molar-refractivity contribution is 0.0576. The van der Waals surface area contributed by atoms with E-state index in [-0.39, 0.29) is 0 Å². The van der Waals surface area contributed by atoms with Gasteiger partial charge in [-0.25, -0.2) is 0 Å². The first-order valence-electron chi connectivity index (χ1n) is 9.28. The van der Waals surface area contributed by atoms with Crippen LogP contribution >= 0.6 is 23.8 Å². The van der Waals surface area contributed by atoms with Crippen molar-refractivity contribution in [3.8, 4) is 5.75 Å². The number of anilines is 1. The van der Waals surface area contributed by atoms with Gasteiger partial charge < -0.3 is 24.6 Å². The van der Waals surface area contributed by atoms with Crippen LogP contribution < -0.4 is 10.1 Å². The average Bonchev–Trinajstić information content (AvgIpc) is 3.15. The van der Waals surface area contributed by atoms with Crippen LogP contribution in [-0.4, -0.2) is 67.5 Å². The van der Waals surface area contributed by atoms with Crippen LogP contribution in [0.3, 0.4) is 0 Å². The molecular formula is C19H28ClN3O2S. The molecule has 1 N–H and O–H groups in total. The topological polar surface area (TPSA) is 37.0 Å². The largest absolute Gasteiger partial charge is 0.495 e. The molecule has 2 heterocycles. The first-order chi connectivity index (χ1) is 12.6. The lowest BCUT2D eigenvalue weighted by Gasteiger charge is -2.38. The van der Waals surface area contributed by atoms with Crippen molar-refractivity contribution in [3.63, 3.8) is 0 Å². The second-order valence-electron chi connectivity index (χ2n) is 7.07. The third kappa shape index (κ3) is 5.00. The second-order valence-corrected chi connectivity index (χ2v) is 7.87. The minimum Gasteiger partial charge on any atom is -0.495 e. The van der Waals surface area contributed by atoms with Crippen LogP contribution in [0.15, 0.2) is 18.2 Å². The molecule has 1 atom stereocenters. The number of rotatable bonds is 5. The number of thiocarbonyl (C=S) groups is 1. The Balaban J connectivity index is 1.46. The van der Waals surface area contributed by atoms with Gasteiger partial charge >= 0.3 is 0 Å². The summed E-state index contributed by atoms with van der Waals surface area (Å²) < 4.78 is 11.0. The Morgan fingerprint density at radius 2 is 2.15 bits per heavy atom. The highest BCUT2D eigenvalue weighted by molar-refractivity contribution is 7.80. The third-order valence-corrected chi connectivity index (χ3v) is 5.95. The molecule has 0 saturated carbocycles. The summed E-state index contributed by atoms with van der Waals surface area (Å²) in [4.78, 5) is 4.71. The summed E-state index contributed by atoms with van der Waals surface area (Å²) in [6.45, 7) is 3.90. The number of benzene rings is 1. The maximum Gasteiger partial charge on any atom is 0.173 e. The zero-order valence-corrected chi connectivity index (χ0v) is 17.1. The maximum atomic E-state index is 6.18. The molecule has 0 aliphatic carbocycles. The zero-order chi connectivity index (χ0) is 18.5. The molecule has 0 unspecified atom stereocenters. The van der Waals surface area contributed by atoms with Gasteiger partial charge in [-0.1, -0.05) is 11.6 Å². The van der Waals surface area contributed by atoms with Gasteiger partial charge in [-0.3, -0.25) is 0 Å². The highest BCUT2D eigenvalue weighted by Crippen LogP contribution is 2.27. The number of ether oxygens (including phenoxy) is 2. The molecule has 2 aliphatic rings. The lowest BCUT2D eigenvalue weighted by atomic mass is 10.0. The van der Waals surface area contributed by atoms with Crippen LogP contribution in [0.5, 0.6) is 5.75 Å².